The number of nitrogens with one attached hydrogen (secondary N) is 1. The zero-order valence-electron chi connectivity index (χ0n) is 7.90. The predicted molar refractivity (Wildman–Crippen MR) is 51.6 cm³/mol. The molecule has 0 amide bonds. The summed E-state index contributed by atoms with van der Waals surface area (Å²) in [6.07, 6.45) is 5.50. The molecule has 1 atom stereocenters. The fraction of sp³-hybridized carbons (Fsp3) is 0.500. The minimum atomic E-state index is 0.413. The zero-order chi connectivity index (χ0) is 9.80. The Balaban J connectivity index is 2.12. The lowest BCUT2D eigenvalue weighted by Gasteiger charge is -2.20. The Labute approximate surface area is 83.0 Å². The summed E-state index contributed by atoms with van der Waals surface area (Å²) in [5.41, 5.74) is 0.525. The fourth-order valence-electron chi connectivity index (χ4n) is 1.68. The van der Waals surface area contributed by atoms with E-state index in [0.717, 1.165) is 25.3 Å². The number of piperidine rings is 1. The van der Waals surface area contributed by atoms with Crippen LogP contribution in [0.15, 0.2) is 12.4 Å². The van der Waals surface area contributed by atoms with Crippen molar-refractivity contribution in [3.63, 3.8) is 0 Å². The molecule has 1 aliphatic heterocycles. The highest BCUT2D eigenvalue weighted by molar-refractivity contribution is 5.22. The van der Waals surface area contributed by atoms with Crippen molar-refractivity contribution in [2.24, 2.45) is 0 Å². The molecule has 2 heterocycles. The van der Waals surface area contributed by atoms with Gasteiger partial charge >= 0.3 is 0 Å². The van der Waals surface area contributed by atoms with Gasteiger partial charge in [-0.15, -0.1) is 0 Å². The molecule has 1 saturated heterocycles. The van der Waals surface area contributed by atoms with Crippen LogP contribution in [0.3, 0.4) is 0 Å². The van der Waals surface area contributed by atoms with Crippen LogP contribution in [-0.2, 0) is 0 Å². The first-order valence-corrected chi connectivity index (χ1v) is 4.83. The van der Waals surface area contributed by atoms with Gasteiger partial charge in [-0.25, -0.2) is 9.97 Å². The van der Waals surface area contributed by atoms with Crippen LogP contribution in [0.2, 0.25) is 0 Å². The molecule has 1 aromatic heterocycles. The van der Waals surface area contributed by atoms with Crippen molar-refractivity contribution in [2.75, 3.05) is 13.1 Å². The van der Waals surface area contributed by atoms with E-state index >= 15 is 0 Å². The summed E-state index contributed by atoms with van der Waals surface area (Å²) in [7, 11) is 0. The summed E-state index contributed by atoms with van der Waals surface area (Å²) in [4.78, 5) is 8.40. The van der Waals surface area contributed by atoms with Crippen molar-refractivity contribution in [3.8, 4) is 6.07 Å². The van der Waals surface area contributed by atoms with Crippen LogP contribution in [0, 0.1) is 11.3 Å². The third kappa shape index (κ3) is 1.88. The van der Waals surface area contributed by atoms with Crippen molar-refractivity contribution in [1.29, 1.82) is 5.26 Å². The first kappa shape index (κ1) is 9.10. The summed E-state index contributed by atoms with van der Waals surface area (Å²) in [6.45, 7) is 2.04. The SMILES string of the molecule is N#Cc1cnc(C2CCCNC2)nc1. The largest absolute Gasteiger partial charge is 0.316 e. The molecule has 72 valence electrons. The molecule has 4 nitrogen and oxygen atoms in total. The molecule has 1 aromatic rings. The lowest BCUT2D eigenvalue weighted by molar-refractivity contribution is 0.446. The first-order valence-electron chi connectivity index (χ1n) is 4.83. The third-order valence-corrected chi connectivity index (χ3v) is 2.46. The van der Waals surface area contributed by atoms with Crippen LogP contribution < -0.4 is 5.32 Å². The topological polar surface area (TPSA) is 61.6 Å². The van der Waals surface area contributed by atoms with E-state index in [2.05, 4.69) is 15.3 Å². The number of aromatic nitrogens is 2. The Bertz CT molecular complexity index is 332. The molecule has 1 N–H and O–H groups in total. The highest BCUT2D eigenvalue weighted by Crippen LogP contribution is 2.19. The Morgan fingerprint density at radius 3 is 2.79 bits per heavy atom. The maximum absolute atomic E-state index is 8.60. The summed E-state index contributed by atoms with van der Waals surface area (Å²) in [5.74, 6) is 1.27. The van der Waals surface area contributed by atoms with Crippen molar-refractivity contribution < 1.29 is 0 Å². The quantitative estimate of drug-likeness (QED) is 0.708. The van der Waals surface area contributed by atoms with Crippen LogP contribution in [0.4, 0.5) is 0 Å². The lowest BCUT2D eigenvalue weighted by atomic mass is 9.99. The van der Waals surface area contributed by atoms with Crippen molar-refractivity contribution in [3.05, 3.63) is 23.8 Å². The van der Waals surface area contributed by atoms with Crippen molar-refractivity contribution >= 4 is 0 Å². The molecule has 0 aromatic carbocycles. The van der Waals surface area contributed by atoms with Gasteiger partial charge in [-0.1, -0.05) is 0 Å². The number of nitrogens with zero attached hydrogens (tertiary/aromatic N) is 3. The average molecular weight is 188 g/mol. The van der Waals surface area contributed by atoms with Crippen LogP contribution in [0.25, 0.3) is 0 Å². The Morgan fingerprint density at radius 2 is 2.21 bits per heavy atom. The fourth-order valence-corrected chi connectivity index (χ4v) is 1.68. The lowest BCUT2D eigenvalue weighted by Crippen LogP contribution is -2.29. The van der Waals surface area contributed by atoms with Gasteiger partial charge in [-0.2, -0.15) is 5.26 Å². The molecule has 1 aliphatic rings. The van der Waals surface area contributed by atoms with Gasteiger partial charge in [0.2, 0.25) is 0 Å². The van der Waals surface area contributed by atoms with Gasteiger partial charge in [-0.3, -0.25) is 0 Å². The van der Waals surface area contributed by atoms with Crippen LogP contribution in [0.5, 0.6) is 0 Å². The summed E-state index contributed by atoms with van der Waals surface area (Å²) >= 11 is 0. The minimum absolute atomic E-state index is 0.413. The van der Waals surface area contributed by atoms with Crippen LogP contribution in [0.1, 0.15) is 30.1 Å². The van der Waals surface area contributed by atoms with Crippen molar-refractivity contribution in [1.82, 2.24) is 15.3 Å². The summed E-state index contributed by atoms with van der Waals surface area (Å²) < 4.78 is 0. The third-order valence-electron chi connectivity index (χ3n) is 2.46. The second-order valence-electron chi connectivity index (χ2n) is 3.49. The van der Waals surface area contributed by atoms with Gasteiger partial charge in [0.25, 0.3) is 0 Å². The average Bonchev–Trinajstić information content (AvgIpc) is 2.30. The van der Waals surface area contributed by atoms with E-state index in [0.29, 0.717) is 11.5 Å². The molecule has 0 aliphatic carbocycles. The highest BCUT2D eigenvalue weighted by Gasteiger charge is 2.17. The Kier molecular flexibility index (Phi) is 2.70. The maximum atomic E-state index is 8.60. The van der Waals surface area contributed by atoms with Gasteiger partial charge in [0.15, 0.2) is 0 Å². The Morgan fingerprint density at radius 1 is 1.43 bits per heavy atom. The molecule has 0 spiro atoms. The van der Waals surface area contributed by atoms with Gasteiger partial charge < -0.3 is 5.32 Å². The molecular formula is C10H12N4. The molecule has 2 rings (SSSR count). The van der Waals surface area contributed by atoms with E-state index in [1.54, 1.807) is 12.4 Å². The molecule has 4 heteroatoms. The summed E-state index contributed by atoms with van der Waals surface area (Å²) in [5, 5.41) is 11.9. The molecule has 0 bridgehead atoms. The molecule has 14 heavy (non-hydrogen) atoms. The number of hydrogen-bond acceptors (Lipinski definition) is 4. The second kappa shape index (κ2) is 4.16. The van der Waals surface area contributed by atoms with Gasteiger partial charge in [0.05, 0.1) is 5.56 Å². The number of rotatable bonds is 1. The predicted octanol–water partition coefficient (Wildman–Crippen LogP) is 0.815. The second-order valence-corrected chi connectivity index (χ2v) is 3.49. The van der Waals surface area contributed by atoms with E-state index in [4.69, 9.17) is 5.26 Å². The molecule has 0 radical (unpaired) electrons. The Hall–Kier alpha value is -1.47. The van der Waals surface area contributed by atoms with Crippen molar-refractivity contribution in [2.45, 2.75) is 18.8 Å². The molecule has 0 saturated carbocycles. The van der Waals surface area contributed by atoms with E-state index in [1.807, 2.05) is 6.07 Å². The summed E-state index contributed by atoms with van der Waals surface area (Å²) in [6, 6.07) is 2.02. The first-order chi connectivity index (χ1) is 6.90. The minimum Gasteiger partial charge on any atom is -0.316 e. The zero-order valence-corrected chi connectivity index (χ0v) is 7.90. The van der Waals surface area contributed by atoms with Crippen LogP contribution in [-0.4, -0.2) is 23.1 Å². The monoisotopic (exact) mass is 188 g/mol. The van der Waals surface area contributed by atoms with E-state index in [9.17, 15) is 0 Å². The van der Waals surface area contributed by atoms with Gasteiger partial charge in [0, 0.05) is 24.9 Å². The smallest absolute Gasteiger partial charge is 0.132 e. The normalized spacial score (nSPS) is 21.5. The standard InChI is InChI=1S/C10H12N4/c11-4-8-5-13-10(14-6-8)9-2-1-3-12-7-9/h5-6,9,12H,1-3,7H2. The molecule has 1 fully saturated rings. The molecule has 1 unspecified atom stereocenters. The van der Waals surface area contributed by atoms with E-state index in [1.165, 1.54) is 6.42 Å². The number of nitriles is 1. The van der Waals surface area contributed by atoms with Gasteiger partial charge in [0.1, 0.15) is 11.9 Å². The van der Waals surface area contributed by atoms with Crippen LogP contribution >= 0.6 is 0 Å². The molecular weight excluding hydrogens is 176 g/mol. The van der Waals surface area contributed by atoms with E-state index < -0.39 is 0 Å². The van der Waals surface area contributed by atoms with E-state index in [-0.39, 0.29) is 0 Å². The van der Waals surface area contributed by atoms with Gasteiger partial charge in [-0.05, 0) is 19.4 Å². The number of hydrogen-bond donors (Lipinski definition) is 1. The maximum Gasteiger partial charge on any atom is 0.132 e. The highest BCUT2D eigenvalue weighted by atomic mass is 14.9.